The van der Waals surface area contributed by atoms with Crippen LogP contribution >= 0.6 is 0 Å². The van der Waals surface area contributed by atoms with Gasteiger partial charge in [-0.3, -0.25) is 4.90 Å². The number of hydrogen-bond donors (Lipinski definition) is 1. The molecule has 1 aliphatic rings. The lowest BCUT2D eigenvalue weighted by Gasteiger charge is -2.33. The third kappa shape index (κ3) is 3.55. The van der Waals surface area contributed by atoms with E-state index in [9.17, 15) is 0 Å². The predicted molar refractivity (Wildman–Crippen MR) is 72.9 cm³/mol. The van der Waals surface area contributed by atoms with Crippen LogP contribution in [-0.2, 0) is 13.1 Å². The molecule has 17 heavy (non-hydrogen) atoms. The molecule has 0 aromatic heterocycles. The van der Waals surface area contributed by atoms with Gasteiger partial charge in [0.15, 0.2) is 0 Å². The number of likely N-dealkylation sites (tertiary alicyclic amines) is 1. The Kier molecular flexibility index (Phi) is 4.57. The van der Waals surface area contributed by atoms with Gasteiger partial charge in [0.05, 0.1) is 0 Å². The highest BCUT2D eigenvalue weighted by molar-refractivity contribution is 5.23. The molecule has 2 heteroatoms. The highest BCUT2D eigenvalue weighted by Crippen LogP contribution is 2.19. The summed E-state index contributed by atoms with van der Waals surface area (Å²) in [6.45, 7) is 5.69. The molecule has 0 amide bonds. The highest BCUT2D eigenvalue weighted by Gasteiger charge is 2.17. The second-order valence-corrected chi connectivity index (χ2v) is 5.17. The number of nitrogens with zero attached hydrogens (tertiary/aromatic N) is 1. The lowest BCUT2D eigenvalue weighted by atomic mass is 10.0. The van der Waals surface area contributed by atoms with Crippen LogP contribution in [0, 0.1) is 0 Å². The Morgan fingerprint density at radius 3 is 2.88 bits per heavy atom. The van der Waals surface area contributed by atoms with E-state index in [1.165, 1.54) is 36.9 Å². The fourth-order valence-corrected chi connectivity index (χ4v) is 2.67. The number of nitrogens with one attached hydrogen (secondary N) is 1. The van der Waals surface area contributed by atoms with Crippen molar-refractivity contribution < 1.29 is 0 Å². The zero-order valence-electron chi connectivity index (χ0n) is 11.1. The number of piperidine rings is 1. The monoisotopic (exact) mass is 232 g/mol. The minimum Gasteiger partial charge on any atom is -0.316 e. The van der Waals surface area contributed by atoms with Gasteiger partial charge in [-0.25, -0.2) is 0 Å². The molecule has 1 atom stereocenters. The van der Waals surface area contributed by atoms with E-state index in [0.717, 1.165) is 19.1 Å². The van der Waals surface area contributed by atoms with Crippen LogP contribution in [-0.4, -0.2) is 24.5 Å². The first kappa shape index (κ1) is 12.6. The second kappa shape index (κ2) is 6.18. The molecule has 0 radical (unpaired) electrons. The number of rotatable bonds is 4. The van der Waals surface area contributed by atoms with Gasteiger partial charge in [-0.2, -0.15) is 0 Å². The average molecular weight is 232 g/mol. The van der Waals surface area contributed by atoms with Gasteiger partial charge in [0.1, 0.15) is 0 Å². The number of benzene rings is 1. The summed E-state index contributed by atoms with van der Waals surface area (Å²) < 4.78 is 0. The summed E-state index contributed by atoms with van der Waals surface area (Å²) in [5, 5.41) is 3.21. The third-order valence-corrected chi connectivity index (χ3v) is 3.70. The quantitative estimate of drug-likeness (QED) is 0.858. The van der Waals surface area contributed by atoms with Crippen LogP contribution in [0.1, 0.15) is 37.3 Å². The Morgan fingerprint density at radius 1 is 1.29 bits per heavy atom. The van der Waals surface area contributed by atoms with Crippen LogP contribution < -0.4 is 5.32 Å². The van der Waals surface area contributed by atoms with Gasteiger partial charge in [0, 0.05) is 19.1 Å². The maximum Gasteiger partial charge on any atom is 0.0236 e. The van der Waals surface area contributed by atoms with Gasteiger partial charge in [0.25, 0.3) is 0 Å². The highest BCUT2D eigenvalue weighted by atomic mass is 15.2. The van der Waals surface area contributed by atoms with Gasteiger partial charge < -0.3 is 5.32 Å². The molecule has 94 valence electrons. The lowest BCUT2D eigenvalue weighted by Crippen LogP contribution is -2.36. The molecule has 1 saturated heterocycles. The van der Waals surface area contributed by atoms with E-state index in [4.69, 9.17) is 0 Å². The SMILES string of the molecule is CNCc1cccc(CN2CCCCC2C)c1. The van der Waals surface area contributed by atoms with Crippen molar-refractivity contribution in [2.45, 2.75) is 45.3 Å². The molecule has 0 bridgehead atoms. The molecule has 2 rings (SSSR count). The van der Waals surface area contributed by atoms with Crippen LogP contribution in [0.5, 0.6) is 0 Å². The molecule has 0 spiro atoms. The summed E-state index contributed by atoms with van der Waals surface area (Å²) in [6.07, 6.45) is 4.12. The Labute approximate surface area is 105 Å². The first-order chi connectivity index (χ1) is 8.29. The van der Waals surface area contributed by atoms with E-state index < -0.39 is 0 Å². The van der Waals surface area contributed by atoms with Crippen LogP contribution in [0.3, 0.4) is 0 Å². The fourth-order valence-electron chi connectivity index (χ4n) is 2.67. The molecule has 1 aromatic carbocycles. The van der Waals surface area contributed by atoms with Crippen LogP contribution in [0.15, 0.2) is 24.3 Å². The second-order valence-electron chi connectivity index (χ2n) is 5.17. The summed E-state index contributed by atoms with van der Waals surface area (Å²) in [5.74, 6) is 0. The van der Waals surface area contributed by atoms with Gasteiger partial charge >= 0.3 is 0 Å². The predicted octanol–water partition coefficient (Wildman–Crippen LogP) is 2.78. The maximum atomic E-state index is 3.21. The molecule has 1 unspecified atom stereocenters. The molecule has 0 aliphatic carbocycles. The third-order valence-electron chi connectivity index (χ3n) is 3.70. The molecule has 1 aromatic rings. The summed E-state index contributed by atoms with van der Waals surface area (Å²) in [6, 6.07) is 9.70. The van der Waals surface area contributed by atoms with Crippen LogP contribution in [0.25, 0.3) is 0 Å². The van der Waals surface area contributed by atoms with E-state index >= 15 is 0 Å². The topological polar surface area (TPSA) is 15.3 Å². The van der Waals surface area contributed by atoms with Crippen LogP contribution in [0.2, 0.25) is 0 Å². The zero-order chi connectivity index (χ0) is 12.1. The molecule has 1 fully saturated rings. The normalized spacial score (nSPS) is 21.6. The standard InChI is InChI=1S/C15H24N2/c1-13-6-3-4-9-17(13)12-15-8-5-7-14(10-15)11-16-2/h5,7-8,10,13,16H,3-4,6,9,11-12H2,1-2H3. The molecular formula is C15H24N2. The van der Waals surface area contributed by atoms with Crippen molar-refractivity contribution >= 4 is 0 Å². The van der Waals surface area contributed by atoms with Gasteiger partial charge in [-0.05, 0) is 44.5 Å². The van der Waals surface area contributed by atoms with Gasteiger partial charge in [0.2, 0.25) is 0 Å². The van der Waals surface area contributed by atoms with Crippen molar-refractivity contribution in [3.8, 4) is 0 Å². The first-order valence-electron chi connectivity index (χ1n) is 6.76. The van der Waals surface area contributed by atoms with Crippen LogP contribution in [0.4, 0.5) is 0 Å². The largest absolute Gasteiger partial charge is 0.316 e. The minimum atomic E-state index is 0.747. The Hall–Kier alpha value is -0.860. The van der Waals surface area contributed by atoms with Crippen molar-refractivity contribution in [1.82, 2.24) is 10.2 Å². The summed E-state index contributed by atoms with van der Waals surface area (Å²) in [7, 11) is 2.00. The van der Waals surface area contributed by atoms with Crippen molar-refractivity contribution in [1.29, 1.82) is 0 Å². The first-order valence-corrected chi connectivity index (χ1v) is 6.76. The Balaban J connectivity index is 1.99. The Morgan fingerprint density at radius 2 is 2.12 bits per heavy atom. The Bertz CT molecular complexity index is 349. The lowest BCUT2D eigenvalue weighted by molar-refractivity contribution is 0.152. The smallest absolute Gasteiger partial charge is 0.0236 e. The van der Waals surface area contributed by atoms with Crippen molar-refractivity contribution in [3.05, 3.63) is 35.4 Å². The molecule has 1 aliphatic heterocycles. The van der Waals surface area contributed by atoms with Crippen molar-refractivity contribution in [2.24, 2.45) is 0 Å². The molecule has 0 saturated carbocycles. The van der Waals surface area contributed by atoms with Gasteiger partial charge in [-0.15, -0.1) is 0 Å². The van der Waals surface area contributed by atoms with E-state index in [2.05, 4.69) is 41.4 Å². The average Bonchev–Trinajstić information content (AvgIpc) is 2.33. The van der Waals surface area contributed by atoms with Crippen molar-refractivity contribution in [2.75, 3.05) is 13.6 Å². The fraction of sp³-hybridized carbons (Fsp3) is 0.600. The van der Waals surface area contributed by atoms with Crippen molar-refractivity contribution in [3.63, 3.8) is 0 Å². The molecular weight excluding hydrogens is 208 g/mol. The number of hydrogen-bond acceptors (Lipinski definition) is 2. The zero-order valence-corrected chi connectivity index (χ0v) is 11.1. The summed E-state index contributed by atoms with van der Waals surface area (Å²) in [4.78, 5) is 2.61. The molecule has 2 nitrogen and oxygen atoms in total. The molecule has 1 N–H and O–H groups in total. The summed E-state index contributed by atoms with van der Waals surface area (Å²) in [5.41, 5.74) is 2.83. The summed E-state index contributed by atoms with van der Waals surface area (Å²) >= 11 is 0. The molecule has 1 heterocycles. The van der Waals surface area contributed by atoms with E-state index in [1.54, 1.807) is 0 Å². The van der Waals surface area contributed by atoms with E-state index in [1.807, 2.05) is 7.05 Å². The van der Waals surface area contributed by atoms with Gasteiger partial charge in [-0.1, -0.05) is 30.7 Å². The van der Waals surface area contributed by atoms with E-state index in [-0.39, 0.29) is 0 Å². The van der Waals surface area contributed by atoms with E-state index in [0.29, 0.717) is 0 Å². The maximum absolute atomic E-state index is 3.21. The minimum absolute atomic E-state index is 0.747.